The Bertz CT molecular complexity index is 274. The number of halogens is 4. The van der Waals surface area contributed by atoms with Crippen molar-refractivity contribution >= 4 is 11.8 Å². The number of nitrogens with one attached hydrogen (secondary N) is 2. The molecule has 0 aromatic heterocycles. The first-order valence-corrected chi connectivity index (χ1v) is 5.57. The molecule has 2 amide bonds. The van der Waals surface area contributed by atoms with Crippen molar-refractivity contribution in [2.45, 2.75) is 50.6 Å². The van der Waals surface area contributed by atoms with Gasteiger partial charge in [-0.2, -0.15) is 17.6 Å². The molecule has 0 atom stereocenters. The van der Waals surface area contributed by atoms with Crippen molar-refractivity contribution in [2.24, 2.45) is 0 Å². The van der Waals surface area contributed by atoms with Gasteiger partial charge in [-0.15, -0.1) is 0 Å². The van der Waals surface area contributed by atoms with E-state index in [4.69, 9.17) is 0 Å². The molecule has 0 radical (unpaired) electrons. The van der Waals surface area contributed by atoms with Crippen molar-refractivity contribution < 1.29 is 27.2 Å². The molecule has 104 valence electrons. The topological polar surface area (TPSA) is 58.2 Å². The highest BCUT2D eigenvalue weighted by atomic mass is 19.3. The zero-order valence-electron chi connectivity index (χ0n) is 9.47. The molecule has 8 heteroatoms. The average Bonchev–Trinajstić information content (AvgIpc) is 2.31. The largest absolute Gasteiger partial charge is 0.348 e. The Morgan fingerprint density at radius 1 is 0.778 bits per heavy atom. The number of hydrogen-bond donors (Lipinski definition) is 2. The minimum absolute atomic E-state index is 0.382. The second-order valence-electron chi connectivity index (χ2n) is 4.17. The van der Waals surface area contributed by atoms with Crippen LogP contribution in [0.25, 0.3) is 0 Å². The van der Waals surface area contributed by atoms with Gasteiger partial charge in [-0.3, -0.25) is 9.59 Å². The Morgan fingerprint density at radius 2 is 1.06 bits per heavy atom. The van der Waals surface area contributed by atoms with Gasteiger partial charge in [0.05, 0.1) is 0 Å². The molecule has 18 heavy (non-hydrogen) atoms. The summed E-state index contributed by atoms with van der Waals surface area (Å²) in [5.41, 5.74) is 0. The molecule has 1 rings (SSSR count). The van der Waals surface area contributed by atoms with Crippen LogP contribution in [-0.2, 0) is 9.59 Å². The van der Waals surface area contributed by atoms with Crippen LogP contribution in [0, 0.1) is 0 Å². The van der Waals surface area contributed by atoms with Crippen molar-refractivity contribution in [3.63, 3.8) is 0 Å². The maximum atomic E-state index is 12.0. The zero-order valence-corrected chi connectivity index (χ0v) is 9.47. The summed E-state index contributed by atoms with van der Waals surface area (Å²) in [6.45, 7) is 0. The minimum atomic E-state index is -3.05. The number of alkyl halides is 4. The lowest BCUT2D eigenvalue weighted by molar-refractivity contribution is -0.134. The summed E-state index contributed by atoms with van der Waals surface area (Å²) in [6.07, 6.45) is -4.58. The summed E-state index contributed by atoms with van der Waals surface area (Å²) in [7, 11) is 0. The molecular formula is C10H14F4N2O2. The van der Waals surface area contributed by atoms with E-state index in [1.807, 2.05) is 0 Å². The maximum Gasteiger partial charge on any atom is 0.315 e. The predicted octanol–water partition coefficient (Wildman–Crippen LogP) is 1.06. The van der Waals surface area contributed by atoms with Crippen LogP contribution in [-0.4, -0.2) is 36.7 Å². The summed E-state index contributed by atoms with van der Waals surface area (Å²) in [5.74, 6) is -2.65. The van der Waals surface area contributed by atoms with Crippen LogP contribution in [0.2, 0.25) is 0 Å². The van der Waals surface area contributed by atoms with Gasteiger partial charge < -0.3 is 10.6 Å². The second-order valence-corrected chi connectivity index (χ2v) is 4.17. The smallest absolute Gasteiger partial charge is 0.315 e. The number of hydrogen-bond acceptors (Lipinski definition) is 2. The Kier molecular flexibility index (Phi) is 5.36. The number of carbonyl (C=O) groups excluding carboxylic acids is 2. The van der Waals surface area contributed by atoms with E-state index in [0.717, 1.165) is 0 Å². The molecule has 0 aliphatic heterocycles. The Labute approximate surface area is 101 Å². The Balaban J connectivity index is 2.28. The summed E-state index contributed by atoms with van der Waals surface area (Å²) < 4.78 is 47.9. The predicted molar refractivity (Wildman–Crippen MR) is 54.3 cm³/mol. The van der Waals surface area contributed by atoms with Crippen LogP contribution in [0.1, 0.15) is 25.7 Å². The molecule has 0 aromatic rings. The van der Waals surface area contributed by atoms with E-state index in [9.17, 15) is 27.2 Å². The first kappa shape index (κ1) is 14.7. The van der Waals surface area contributed by atoms with Crippen molar-refractivity contribution in [3.8, 4) is 0 Å². The van der Waals surface area contributed by atoms with E-state index in [1.54, 1.807) is 0 Å². The van der Waals surface area contributed by atoms with Gasteiger partial charge in [-0.1, -0.05) is 0 Å². The van der Waals surface area contributed by atoms with Crippen molar-refractivity contribution in [1.82, 2.24) is 10.6 Å². The van der Waals surface area contributed by atoms with E-state index >= 15 is 0 Å². The van der Waals surface area contributed by atoms with Gasteiger partial charge in [0.15, 0.2) is 0 Å². The normalized spacial score (nSPS) is 24.1. The molecule has 1 fully saturated rings. The molecule has 2 N–H and O–H groups in total. The van der Waals surface area contributed by atoms with Crippen molar-refractivity contribution in [2.75, 3.05) is 0 Å². The van der Waals surface area contributed by atoms with Gasteiger partial charge in [-0.25, -0.2) is 0 Å². The van der Waals surface area contributed by atoms with E-state index in [0.29, 0.717) is 25.7 Å². The van der Waals surface area contributed by atoms with E-state index in [-0.39, 0.29) is 12.1 Å². The fourth-order valence-electron chi connectivity index (χ4n) is 1.91. The molecule has 0 heterocycles. The van der Waals surface area contributed by atoms with Gasteiger partial charge in [0, 0.05) is 12.1 Å². The van der Waals surface area contributed by atoms with Crippen LogP contribution in [0.3, 0.4) is 0 Å². The van der Waals surface area contributed by atoms with Crippen molar-refractivity contribution in [3.05, 3.63) is 0 Å². The highest BCUT2D eigenvalue weighted by Crippen LogP contribution is 2.19. The maximum absolute atomic E-state index is 12.0. The van der Waals surface area contributed by atoms with Gasteiger partial charge in [0.25, 0.3) is 11.8 Å². The summed E-state index contributed by atoms with van der Waals surface area (Å²) in [6, 6.07) is -0.766. The summed E-state index contributed by atoms with van der Waals surface area (Å²) in [4.78, 5) is 21.5. The average molecular weight is 270 g/mol. The molecule has 0 aromatic carbocycles. The third-order valence-corrected chi connectivity index (χ3v) is 2.82. The lowest BCUT2D eigenvalue weighted by Crippen LogP contribution is -2.46. The van der Waals surface area contributed by atoms with Gasteiger partial charge in [-0.05, 0) is 25.7 Å². The molecule has 0 saturated heterocycles. The van der Waals surface area contributed by atoms with E-state index < -0.39 is 24.7 Å². The second kappa shape index (κ2) is 6.55. The molecule has 1 saturated carbocycles. The number of carbonyl (C=O) groups is 2. The number of amides is 2. The monoisotopic (exact) mass is 270 g/mol. The molecule has 1 aliphatic rings. The SMILES string of the molecule is O=C(NC1CCC(NC(=O)C(F)F)CC1)C(F)F. The third kappa shape index (κ3) is 4.50. The molecule has 4 nitrogen and oxygen atoms in total. The van der Waals surface area contributed by atoms with E-state index in [1.165, 1.54) is 0 Å². The third-order valence-electron chi connectivity index (χ3n) is 2.82. The Morgan fingerprint density at radius 3 is 1.28 bits per heavy atom. The fraction of sp³-hybridized carbons (Fsp3) is 0.800. The minimum Gasteiger partial charge on any atom is -0.348 e. The first-order valence-electron chi connectivity index (χ1n) is 5.57. The zero-order chi connectivity index (χ0) is 13.7. The summed E-state index contributed by atoms with van der Waals surface area (Å²) in [5, 5.41) is 4.33. The standard InChI is InChI=1S/C10H14F4N2O2/c11-7(12)9(17)15-5-1-2-6(4-3-5)16-10(18)8(13)14/h5-8H,1-4H2,(H,15,17)(H,16,18). The lowest BCUT2D eigenvalue weighted by atomic mass is 9.91. The van der Waals surface area contributed by atoms with Gasteiger partial charge >= 0.3 is 12.9 Å². The Hall–Kier alpha value is -1.34. The van der Waals surface area contributed by atoms with Crippen LogP contribution >= 0.6 is 0 Å². The molecular weight excluding hydrogens is 256 g/mol. The molecule has 0 unspecified atom stereocenters. The van der Waals surface area contributed by atoms with Crippen molar-refractivity contribution in [1.29, 1.82) is 0 Å². The van der Waals surface area contributed by atoms with Crippen LogP contribution < -0.4 is 10.6 Å². The van der Waals surface area contributed by atoms with Crippen LogP contribution in [0.4, 0.5) is 17.6 Å². The summed E-state index contributed by atoms with van der Waals surface area (Å²) >= 11 is 0. The molecule has 0 bridgehead atoms. The number of rotatable bonds is 4. The van der Waals surface area contributed by atoms with Crippen LogP contribution in [0.5, 0.6) is 0 Å². The fourth-order valence-corrected chi connectivity index (χ4v) is 1.91. The highest BCUT2D eigenvalue weighted by molar-refractivity contribution is 5.80. The van der Waals surface area contributed by atoms with Crippen LogP contribution in [0.15, 0.2) is 0 Å². The van der Waals surface area contributed by atoms with Gasteiger partial charge in [0.2, 0.25) is 0 Å². The first-order chi connectivity index (χ1) is 8.40. The van der Waals surface area contributed by atoms with E-state index in [2.05, 4.69) is 10.6 Å². The quantitative estimate of drug-likeness (QED) is 0.750. The molecule has 1 aliphatic carbocycles. The lowest BCUT2D eigenvalue weighted by Gasteiger charge is -2.29. The van der Waals surface area contributed by atoms with Gasteiger partial charge in [0.1, 0.15) is 0 Å². The molecule has 0 spiro atoms. The highest BCUT2D eigenvalue weighted by Gasteiger charge is 2.27.